The van der Waals surface area contributed by atoms with Crippen molar-refractivity contribution in [1.29, 1.82) is 0 Å². The van der Waals surface area contributed by atoms with Crippen LogP contribution in [-0.4, -0.2) is 11.0 Å². The van der Waals surface area contributed by atoms with Gasteiger partial charge in [-0.1, -0.05) is 43.2 Å². The summed E-state index contributed by atoms with van der Waals surface area (Å²) in [6.45, 7) is 2.08. The molecule has 0 saturated heterocycles. The van der Waals surface area contributed by atoms with Gasteiger partial charge in [0.2, 0.25) is 0 Å². The van der Waals surface area contributed by atoms with Crippen molar-refractivity contribution in [3.63, 3.8) is 0 Å². The van der Waals surface area contributed by atoms with Crippen LogP contribution < -0.4 is 5.32 Å². The molecule has 3 heteroatoms. The van der Waals surface area contributed by atoms with Crippen LogP contribution in [-0.2, 0) is 0 Å². The third kappa shape index (κ3) is 3.46. The fourth-order valence-corrected chi connectivity index (χ4v) is 3.47. The van der Waals surface area contributed by atoms with E-state index in [1.807, 2.05) is 6.20 Å². The van der Waals surface area contributed by atoms with Crippen LogP contribution in [0, 0.1) is 6.92 Å². The molecule has 2 aromatic rings. The highest BCUT2D eigenvalue weighted by atomic mass is 79.9. The molecule has 0 amide bonds. The molecule has 1 fully saturated rings. The van der Waals surface area contributed by atoms with E-state index in [4.69, 9.17) is 0 Å². The van der Waals surface area contributed by atoms with Crippen LogP contribution in [0.25, 0.3) is 0 Å². The number of halogens is 1. The van der Waals surface area contributed by atoms with Crippen LogP contribution in [0.5, 0.6) is 0 Å². The number of benzene rings is 1. The molecule has 0 aliphatic heterocycles. The molecule has 1 heterocycles. The predicted molar refractivity (Wildman–Crippen MR) is 91.7 cm³/mol. The van der Waals surface area contributed by atoms with Crippen molar-refractivity contribution in [2.24, 2.45) is 0 Å². The standard InChI is InChI=1S/C18H21BrN2/c1-13-11-15(12-20-18(13)19)21-17-10-6-5-9-16(17)14-7-3-2-4-8-14/h2-4,7-8,11-12,16-17,21H,5-6,9-10H2,1H3. The van der Waals surface area contributed by atoms with Crippen LogP contribution in [0.15, 0.2) is 47.2 Å². The van der Waals surface area contributed by atoms with Crippen LogP contribution in [0.2, 0.25) is 0 Å². The lowest BCUT2D eigenvalue weighted by Gasteiger charge is -2.33. The highest BCUT2D eigenvalue weighted by molar-refractivity contribution is 9.10. The third-order valence-electron chi connectivity index (χ3n) is 4.36. The zero-order valence-electron chi connectivity index (χ0n) is 12.3. The largest absolute Gasteiger partial charge is 0.380 e. The van der Waals surface area contributed by atoms with Gasteiger partial charge in [0.25, 0.3) is 0 Å². The quantitative estimate of drug-likeness (QED) is 0.765. The molecule has 1 saturated carbocycles. The molecule has 110 valence electrons. The zero-order chi connectivity index (χ0) is 14.7. The SMILES string of the molecule is Cc1cc(NC2CCCCC2c2ccccc2)cnc1Br. The Morgan fingerprint density at radius 1 is 1.14 bits per heavy atom. The van der Waals surface area contributed by atoms with Gasteiger partial charge in [-0.3, -0.25) is 0 Å². The van der Waals surface area contributed by atoms with Crippen molar-refractivity contribution in [2.45, 2.75) is 44.6 Å². The number of pyridine rings is 1. The average molecular weight is 345 g/mol. The van der Waals surface area contributed by atoms with Crippen LogP contribution in [0.4, 0.5) is 5.69 Å². The molecule has 0 spiro atoms. The Labute approximate surface area is 135 Å². The minimum atomic E-state index is 0.503. The third-order valence-corrected chi connectivity index (χ3v) is 5.19. The van der Waals surface area contributed by atoms with E-state index in [0.29, 0.717) is 12.0 Å². The van der Waals surface area contributed by atoms with Crippen molar-refractivity contribution in [2.75, 3.05) is 5.32 Å². The Morgan fingerprint density at radius 3 is 2.67 bits per heavy atom. The van der Waals surface area contributed by atoms with Gasteiger partial charge in [0, 0.05) is 12.0 Å². The minimum Gasteiger partial charge on any atom is -0.380 e. The van der Waals surface area contributed by atoms with Crippen molar-refractivity contribution in [3.8, 4) is 0 Å². The number of hydrogen-bond acceptors (Lipinski definition) is 2. The van der Waals surface area contributed by atoms with Gasteiger partial charge in [-0.15, -0.1) is 0 Å². The first kappa shape index (κ1) is 14.6. The predicted octanol–water partition coefficient (Wildman–Crippen LogP) is 5.29. The highest BCUT2D eigenvalue weighted by Crippen LogP contribution is 2.35. The van der Waals surface area contributed by atoms with Gasteiger partial charge in [-0.25, -0.2) is 4.98 Å². The highest BCUT2D eigenvalue weighted by Gasteiger charge is 2.26. The molecule has 1 aliphatic rings. The summed E-state index contributed by atoms with van der Waals surface area (Å²) in [4.78, 5) is 4.40. The smallest absolute Gasteiger partial charge is 0.109 e. The number of nitrogens with one attached hydrogen (secondary N) is 1. The van der Waals surface area contributed by atoms with Gasteiger partial charge in [0.05, 0.1) is 11.9 Å². The number of hydrogen-bond donors (Lipinski definition) is 1. The first-order valence-electron chi connectivity index (χ1n) is 7.67. The zero-order valence-corrected chi connectivity index (χ0v) is 13.9. The van der Waals surface area contributed by atoms with E-state index in [1.54, 1.807) is 0 Å². The summed E-state index contributed by atoms with van der Waals surface area (Å²) in [6, 6.07) is 13.6. The lowest BCUT2D eigenvalue weighted by Crippen LogP contribution is -2.30. The van der Waals surface area contributed by atoms with E-state index >= 15 is 0 Å². The van der Waals surface area contributed by atoms with Crippen molar-refractivity contribution in [3.05, 3.63) is 58.3 Å². The Bertz CT molecular complexity index is 597. The van der Waals surface area contributed by atoms with Gasteiger partial charge >= 0.3 is 0 Å². The molecule has 1 N–H and O–H groups in total. The van der Waals surface area contributed by atoms with Gasteiger partial charge in [0.15, 0.2) is 0 Å². The molecular weight excluding hydrogens is 324 g/mol. The van der Waals surface area contributed by atoms with Gasteiger partial charge < -0.3 is 5.32 Å². The second kappa shape index (κ2) is 6.61. The summed E-state index contributed by atoms with van der Waals surface area (Å²) in [7, 11) is 0. The molecular formula is C18H21BrN2. The molecule has 1 aromatic heterocycles. The minimum absolute atomic E-state index is 0.503. The molecule has 0 radical (unpaired) electrons. The first-order chi connectivity index (χ1) is 10.2. The van der Waals surface area contributed by atoms with E-state index in [0.717, 1.165) is 10.3 Å². The maximum Gasteiger partial charge on any atom is 0.109 e. The van der Waals surface area contributed by atoms with Gasteiger partial charge in [0.1, 0.15) is 4.60 Å². The van der Waals surface area contributed by atoms with E-state index < -0.39 is 0 Å². The molecule has 2 atom stereocenters. The van der Waals surface area contributed by atoms with Crippen LogP contribution in [0.3, 0.4) is 0 Å². The summed E-state index contributed by atoms with van der Waals surface area (Å²) in [5.41, 5.74) is 3.76. The van der Waals surface area contributed by atoms with E-state index in [1.165, 1.54) is 36.8 Å². The van der Waals surface area contributed by atoms with Crippen LogP contribution in [0.1, 0.15) is 42.7 Å². The molecule has 2 unspecified atom stereocenters. The first-order valence-corrected chi connectivity index (χ1v) is 8.47. The van der Waals surface area contributed by atoms with Crippen molar-refractivity contribution in [1.82, 2.24) is 4.98 Å². The number of rotatable bonds is 3. The lowest BCUT2D eigenvalue weighted by molar-refractivity contribution is 0.405. The second-order valence-corrected chi connectivity index (χ2v) is 6.64. The fraction of sp³-hybridized carbons (Fsp3) is 0.389. The number of nitrogens with zero attached hydrogens (tertiary/aromatic N) is 1. The molecule has 1 aromatic carbocycles. The second-order valence-electron chi connectivity index (χ2n) is 5.88. The number of anilines is 1. The summed E-state index contributed by atoms with van der Waals surface area (Å²) in [5, 5.41) is 3.71. The Kier molecular flexibility index (Phi) is 4.59. The van der Waals surface area contributed by atoms with Crippen LogP contribution >= 0.6 is 15.9 Å². The summed E-state index contributed by atoms with van der Waals surface area (Å²) in [5.74, 6) is 0.601. The summed E-state index contributed by atoms with van der Waals surface area (Å²) >= 11 is 3.46. The number of aryl methyl sites for hydroxylation is 1. The monoisotopic (exact) mass is 344 g/mol. The summed E-state index contributed by atoms with van der Waals surface area (Å²) in [6.07, 6.45) is 7.06. The van der Waals surface area contributed by atoms with E-state index in [9.17, 15) is 0 Å². The Balaban J connectivity index is 1.79. The van der Waals surface area contributed by atoms with E-state index in [2.05, 4.69) is 69.6 Å². The van der Waals surface area contributed by atoms with Crippen molar-refractivity contribution >= 4 is 21.6 Å². The van der Waals surface area contributed by atoms with Gasteiger partial charge in [-0.05, 0) is 52.9 Å². The van der Waals surface area contributed by atoms with Gasteiger partial charge in [-0.2, -0.15) is 0 Å². The Morgan fingerprint density at radius 2 is 1.90 bits per heavy atom. The summed E-state index contributed by atoms with van der Waals surface area (Å²) < 4.78 is 0.927. The molecule has 1 aliphatic carbocycles. The topological polar surface area (TPSA) is 24.9 Å². The lowest BCUT2D eigenvalue weighted by atomic mass is 9.80. The normalized spacial score (nSPS) is 22.0. The maximum absolute atomic E-state index is 4.40. The maximum atomic E-state index is 4.40. The number of aromatic nitrogens is 1. The molecule has 21 heavy (non-hydrogen) atoms. The molecule has 0 bridgehead atoms. The fourth-order valence-electron chi connectivity index (χ4n) is 3.25. The molecule has 2 nitrogen and oxygen atoms in total. The van der Waals surface area contributed by atoms with E-state index in [-0.39, 0.29) is 0 Å². The molecule has 3 rings (SSSR count). The Hall–Kier alpha value is -1.35. The average Bonchev–Trinajstić information content (AvgIpc) is 2.52. The van der Waals surface area contributed by atoms with Crippen molar-refractivity contribution < 1.29 is 0 Å².